The average molecular weight is 283 g/mol. The van der Waals surface area contributed by atoms with Crippen LogP contribution in [0.4, 0.5) is 0 Å². The predicted molar refractivity (Wildman–Crippen MR) is 74.3 cm³/mol. The van der Waals surface area contributed by atoms with Crippen LogP contribution in [0, 0.1) is 11.8 Å². The number of piperidine rings is 3. The fourth-order valence-corrected chi connectivity index (χ4v) is 3.51. The zero-order chi connectivity index (χ0) is 14.9. The molecule has 0 spiro atoms. The van der Waals surface area contributed by atoms with Gasteiger partial charge >= 0.3 is 5.97 Å². The molecule has 0 radical (unpaired) electrons. The molecule has 4 unspecified atom stereocenters. The molecule has 4 atom stereocenters. The topological polar surface area (TPSA) is 55.8 Å². The van der Waals surface area contributed by atoms with Crippen molar-refractivity contribution in [2.45, 2.75) is 45.2 Å². The van der Waals surface area contributed by atoms with E-state index in [9.17, 15) is 9.59 Å². The maximum Gasteiger partial charge on any atom is 0.308 e. The first-order valence-electron chi connectivity index (χ1n) is 7.39. The predicted octanol–water partition coefficient (Wildman–Crippen LogP) is 1.25. The van der Waals surface area contributed by atoms with Gasteiger partial charge in [0.15, 0.2) is 5.78 Å². The van der Waals surface area contributed by atoms with Crippen LogP contribution in [0.5, 0.6) is 0 Å². The number of Topliss-reactive ketones (excluding diaryl/α,β-unsaturated/α-hetero) is 1. The zero-order valence-corrected chi connectivity index (χ0v) is 12.8. The van der Waals surface area contributed by atoms with E-state index >= 15 is 0 Å². The van der Waals surface area contributed by atoms with E-state index in [-0.39, 0.29) is 36.8 Å². The van der Waals surface area contributed by atoms with Crippen molar-refractivity contribution in [1.29, 1.82) is 0 Å². The summed E-state index contributed by atoms with van der Waals surface area (Å²) in [5, 5.41) is 0. The molecule has 3 aliphatic rings. The van der Waals surface area contributed by atoms with Crippen molar-refractivity contribution in [2.75, 3.05) is 26.9 Å². The molecule has 0 saturated carbocycles. The molecule has 0 aromatic heterocycles. The van der Waals surface area contributed by atoms with E-state index in [2.05, 4.69) is 11.8 Å². The first-order valence-corrected chi connectivity index (χ1v) is 7.39. The van der Waals surface area contributed by atoms with Gasteiger partial charge in [0, 0.05) is 25.6 Å². The van der Waals surface area contributed by atoms with E-state index in [1.165, 1.54) is 0 Å². The van der Waals surface area contributed by atoms with Crippen LogP contribution in [-0.4, -0.2) is 55.1 Å². The maximum absolute atomic E-state index is 12.7. The first-order chi connectivity index (χ1) is 9.42. The number of fused-ring (bicyclic) bond motifs is 3. The monoisotopic (exact) mass is 283 g/mol. The summed E-state index contributed by atoms with van der Waals surface area (Å²) in [4.78, 5) is 26.6. The van der Waals surface area contributed by atoms with Crippen molar-refractivity contribution < 1.29 is 19.1 Å². The maximum atomic E-state index is 12.7. The van der Waals surface area contributed by atoms with Gasteiger partial charge in [-0.15, -0.1) is 0 Å². The number of ketones is 1. The van der Waals surface area contributed by atoms with Crippen LogP contribution >= 0.6 is 0 Å². The molecular weight excluding hydrogens is 258 g/mol. The van der Waals surface area contributed by atoms with Gasteiger partial charge in [-0.05, 0) is 19.8 Å². The molecule has 0 aromatic rings. The minimum atomic E-state index is -0.778. The van der Waals surface area contributed by atoms with Crippen molar-refractivity contribution >= 4 is 11.8 Å². The summed E-state index contributed by atoms with van der Waals surface area (Å²) in [5.41, 5.74) is -0.778. The van der Waals surface area contributed by atoms with E-state index in [0.29, 0.717) is 6.04 Å². The minimum Gasteiger partial charge on any atom is -0.463 e. The number of carbonyl (C=O) groups excluding carboxylic acids is 2. The molecular formula is C15H25NO4. The van der Waals surface area contributed by atoms with Gasteiger partial charge in [-0.3, -0.25) is 14.5 Å². The molecule has 0 aliphatic carbocycles. The molecule has 3 aliphatic heterocycles. The number of hydrogen-bond donors (Lipinski definition) is 0. The number of nitrogens with zero attached hydrogens (tertiary/aromatic N) is 1. The summed E-state index contributed by atoms with van der Waals surface area (Å²) in [7, 11) is 1.59. The quantitative estimate of drug-likeness (QED) is 0.711. The van der Waals surface area contributed by atoms with Crippen molar-refractivity contribution in [1.82, 2.24) is 4.90 Å². The lowest BCUT2D eigenvalue weighted by Crippen LogP contribution is -2.71. The third-order valence-electron chi connectivity index (χ3n) is 4.56. The third-order valence-corrected chi connectivity index (χ3v) is 4.56. The summed E-state index contributed by atoms with van der Waals surface area (Å²) >= 11 is 0. The lowest BCUT2D eigenvalue weighted by Gasteiger charge is -2.55. The standard InChI is InChI=1S/C15H25NO4/c1-10(2)14(18)20-9-15(8-19-4)13(17)12-5-6-16(15)11(3)7-12/h10-12H,5-9H2,1-4H3. The van der Waals surface area contributed by atoms with Crippen LogP contribution in [-0.2, 0) is 19.1 Å². The van der Waals surface area contributed by atoms with Crippen molar-refractivity contribution in [3.8, 4) is 0 Å². The van der Waals surface area contributed by atoms with Crippen LogP contribution in [0.3, 0.4) is 0 Å². The number of carbonyl (C=O) groups is 2. The summed E-state index contributed by atoms with van der Waals surface area (Å²) in [6.45, 7) is 7.00. The molecule has 0 amide bonds. The smallest absolute Gasteiger partial charge is 0.308 e. The molecule has 2 bridgehead atoms. The largest absolute Gasteiger partial charge is 0.463 e. The van der Waals surface area contributed by atoms with E-state index in [4.69, 9.17) is 9.47 Å². The van der Waals surface area contributed by atoms with E-state index in [1.807, 2.05) is 0 Å². The van der Waals surface area contributed by atoms with Crippen molar-refractivity contribution in [3.63, 3.8) is 0 Å². The summed E-state index contributed by atoms with van der Waals surface area (Å²) < 4.78 is 10.7. The van der Waals surface area contributed by atoms with Gasteiger partial charge in [-0.25, -0.2) is 0 Å². The molecule has 0 N–H and O–H groups in total. The number of esters is 1. The molecule has 3 rings (SSSR count). The fraction of sp³-hybridized carbons (Fsp3) is 0.867. The van der Waals surface area contributed by atoms with Crippen LogP contribution in [0.25, 0.3) is 0 Å². The Labute approximate surface area is 120 Å². The Morgan fingerprint density at radius 3 is 2.70 bits per heavy atom. The normalized spacial score (nSPS) is 36.5. The third kappa shape index (κ3) is 2.49. The summed E-state index contributed by atoms with van der Waals surface area (Å²) in [6.07, 6.45) is 1.81. The van der Waals surface area contributed by atoms with Crippen molar-refractivity contribution in [2.24, 2.45) is 11.8 Å². The second kappa shape index (κ2) is 5.82. The van der Waals surface area contributed by atoms with Gasteiger partial charge in [0.2, 0.25) is 0 Å². The van der Waals surface area contributed by atoms with Gasteiger partial charge in [-0.1, -0.05) is 13.8 Å². The van der Waals surface area contributed by atoms with Gasteiger partial charge in [0.05, 0.1) is 12.5 Å². The first kappa shape index (κ1) is 15.4. The Bertz CT molecular complexity index is 395. The lowest BCUT2D eigenvalue weighted by atomic mass is 9.71. The number of ether oxygens (including phenoxy) is 2. The van der Waals surface area contributed by atoms with Gasteiger partial charge in [-0.2, -0.15) is 0 Å². The Morgan fingerprint density at radius 2 is 2.15 bits per heavy atom. The average Bonchev–Trinajstić information content (AvgIpc) is 2.41. The Morgan fingerprint density at radius 1 is 1.45 bits per heavy atom. The summed E-state index contributed by atoms with van der Waals surface area (Å²) in [5.74, 6) is -0.176. The molecule has 5 heteroatoms. The van der Waals surface area contributed by atoms with Crippen LogP contribution < -0.4 is 0 Å². The molecule has 3 saturated heterocycles. The molecule has 3 fully saturated rings. The van der Waals surface area contributed by atoms with Crippen LogP contribution in [0.15, 0.2) is 0 Å². The van der Waals surface area contributed by atoms with E-state index in [1.54, 1.807) is 21.0 Å². The number of rotatable bonds is 5. The molecule has 114 valence electrons. The summed E-state index contributed by atoms with van der Waals surface area (Å²) in [6, 6.07) is 0.333. The number of methoxy groups -OCH3 is 1. The molecule has 3 heterocycles. The van der Waals surface area contributed by atoms with Gasteiger partial charge < -0.3 is 9.47 Å². The fourth-order valence-electron chi connectivity index (χ4n) is 3.51. The molecule has 5 nitrogen and oxygen atoms in total. The number of hydrogen-bond acceptors (Lipinski definition) is 5. The van der Waals surface area contributed by atoms with Gasteiger partial charge in [0.1, 0.15) is 12.1 Å². The highest BCUT2D eigenvalue weighted by molar-refractivity contribution is 5.93. The van der Waals surface area contributed by atoms with Crippen LogP contribution in [0.2, 0.25) is 0 Å². The molecule has 0 aromatic carbocycles. The Balaban J connectivity index is 2.20. The molecule has 20 heavy (non-hydrogen) atoms. The highest BCUT2D eigenvalue weighted by Crippen LogP contribution is 2.40. The highest BCUT2D eigenvalue weighted by atomic mass is 16.5. The van der Waals surface area contributed by atoms with Gasteiger partial charge in [0.25, 0.3) is 0 Å². The zero-order valence-electron chi connectivity index (χ0n) is 12.8. The second-order valence-electron chi connectivity index (χ2n) is 6.35. The van der Waals surface area contributed by atoms with E-state index < -0.39 is 5.54 Å². The Kier molecular flexibility index (Phi) is 4.49. The SMILES string of the molecule is COCC1(COC(=O)C(C)C)C(=O)C2CCN1C(C)C2. The van der Waals surface area contributed by atoms with Crippen LogP contribution in [0.1, 0.15) is 33.6 Å². The highest BCUT2D eigenvalue weighted by Gasteiger charge is 2.56. The second-order valence-corrected chi connectivity index (χ2v) is 6.35. The van der Waals surface area contributed by atoms with E-state index in [0.717, 1.165) is 19.4 Å². The lowest BCUT2D eigenvalue weighted by molar-refractivity contribution is -0.174. The Hall–Kier alpha value is -0.940. The van der Waals surface area contributed by atoms with Crippen molar-refractivity contribution in [3.05, 3.63) is 0 Å². The minimum absolute atomic E-state index is 0.0860.